The largest absolute Gasteiger partial charge is 0.458 e. The van der Waals surface area contributed by atoms with Gasteiger partial charge in [-0.25, -0.2) is 24.0 Å². The first kappa shape index (κ1) is 46.5. The van der Waals surface area contributed by atoms with Gasteiger partial charge in [0.2, 0.25) is 0 Å². The monoisotopic (exact) mass is 875 g/mol. The Balaban J connectivity index is 1.21. The van der Waals surface area contributed by atoms with Crippen LogP contribution in [-0.4, -0.2) is 99.7 Å². The van der Waals surface area contributed by atoms with E-state index in [1.165, 1.54) is 40.9 Å². The number of alkyl carbamates (subject to hydrolysis) is 1. The van der Waals surface area contributed by atoms with Gasteiger partial charge in [-0.15, -0.1) is 11.8 Å². The zero-order chi connectivity index (χ0) is 45.4. The zero-order valence-electron chi connectivity index (χ0n) is 34.9. The van der Waals surface area contributed by atoms with Crippen molar-refractivity contribution in [2.24, 2.45) is 5.73 Å². The number of fused-ring (bicyclic) bond motifs is 1. The maximum Gasteiger partial charge on any atom is 0.411 e. The molecule has 330 valence electrons. The smallest absolute Gasteiger partial charge is 0.411 e. The SMILES string of the molecule is CC(C)(C)OC(=O)NC(COC(=O)Nc1ccc([C@@H](O)C(=O)N[C@@H]2C(=O)N3C(C(=O)OC(c4ccccc4)c4ccccc4)=C(COC(N)=O)CS[C@H]23)cc1)C(=O)OC(C)(C)C. The lowest BCUT2D eigenvalue weighted by Gasteiger charge is -2.49. The maximum atomic E-state index is 14.0. The number of nitrogens with two attached hydrogens (primary N) is 1. The number of aliphatic hydroxyl groups excluding tert-OH is 1. The van der Waals surface area contributed by atoms with Gasteiger partial charge in [0, 0.05) is 17.0 Å². The van der Waals surface area contributed by atoms with Crippen LogP contribution < -0.4 is 21.7 Å². The maximum absolute atomic E-state index is 14.0. The molecule has 3 aromatic rings. The number of primary amides is 1. The van der Waals surface area contributed by atoms with Gasteiger partial charge in [-0.05, 0) is 70.4 Å². The third kappa shape index (κ3) is 12.5. The summed E-state index contributed by atoms with van der Waals surface area (Å²) in [4.78, 5) is 91.5. The van der Waals surface area contributed by atoms with Crippen LogP contribution in [0.5, 0.6) is 0 Å². The van der Waals surface area contributed by atoms with Gasteiger partial charge in [0.25, 0.3) is 11.8 Å². The highest BCUT2D eigenvalue weighted by Crippen LogP contribution is 2.42. The highest BCUT2D eigenvalue weighted by Gasteiger charge is 2.55. The average Bonchev–Trinajstić information content (AvgIpc) is 3.21. The van der Waals surface area contributed by atoms with E-state index >= 15 is 0 Å². The van der Waals surface area contributed by atoms with Crippen LogP contribution in [0.4, 0.5) is 20.1 Å². The molecule has 1 unspecified atom stereocenters. The number of hydrogen-bond donors (Lipinski definition) is 5. The number of ether oxygens (including phenoxy) is 5. The van der Waals surface area contributed by atoms with Gasteiger partial charge in [-0.2, -0.15) is 0 Å². The van der Waals surface area contributed by atoms with Crippen LogP contribution in [-0.2, 0) is 42.9 Å². The van der Waals surface area contributed by atoms with Crippen molar-refractivity contribution >= 4 is 59.5 Å². The molecule has 0 radical (unpaired) electrons. The van der Waals surface area contributed by atoms with E-state index in [1.807, 2.05) is 12.1 Å². The van der Waals surface area contributed by atoms with Crippen molar-refractivity contribution in [3.8, 4) is 0 Å². The van der Waals surface area contributed by atoms with Gasteiger partial charge in [0.05, 0.1) is 0 Å². The first-order chi connectivity index (χ1) is 29.2. The van der Waals surface area contributed by atoms with Crippen molar-refractivity contribution in [2.75, 3.05) is 24.3 Å². The lowest BCUT2D eigenvalue weighted by atomic mass is 10.00. The Labute approximate surface area is 361 Å². The molecule has 19 heteroatoms. The summed E-state index contributed by atoms with van der Waals surface area (Å²) in [6.45, 7) is 8.83. The Morgan fingerprint density at radius 3 is 1.94 bits per heavy atom. The second-order valence-electron chi connectivity index (χ2n) is 16.0. The van der Waals surface area contributed by atoms with Gasteiger partial charge in [0.15, 0.2) is 18.2 Å². The van der Waals surface area contributed by atoms with Crippen LogP contribution in [0.15, 0.2) is 96.2 Å². The number of nitrogens with zero attached hydrogens (tertiary/aromatic N) is 1. The standard InChI is InChI=1S/C43H49N5O13S/c1-42(2,3)60-37(52)29(46-41(56)61-43(4,5)6)22-58-40(55)45-28-19-17-24(18-20-28)32(49)34(50)47-30-35(51)48-31(27(21-57-39(44)54)23-62-36(30)48)38(53)59-33(25-13-9-7-10-14-25)26-15-11-8-12-16-26/h7-20,29-30,32-33,36,49H,21-23H2,1-6H3,(H2,44,54)(H,45,55)(H,46,56)(H,47,50)/t29?,30-,32-,36-/m1/s1. The summed E-state index contributed by atoms with van der Waals surface area (Å²) in [6, 6.07) is 20.9. The quantitative estimate of drug-likeness (QED) is 0.0845. The van der Waals surface area contributed by atoms with Crippen LogP contribution in [0, 0.1) is 0 Å². The minimum atomic E-state index is -1.75. The molecule has 0 aliphatic carbocycles. The van der Waals surface area contributed by atoms with E-state index in [2.05, 4.69) is 16.0 Å². The molecule has 2 aliphatic heterocycles. The Hall–Kier alpha value is -6.60. The van der Waals surface area contributed by atoms with E-state index in [-0.39, 0.29) is 34.9 Å². The first-order valence-electron chi connectivity index (χ1n) is 19.3. The molecule has 5 amide bonds. The minimum Gasteiger partial charge on any atom is -0.458 e. The fraction of sp³-hybridized carbons (Fsp3) is 0.372. The number of hydrogen-bond acceptors (Lipinski definition) is 14. The van der Waals surface area contributed by atoms with E-state index in [4.69, 9.17) is 29.4 Å². The lowest BCUT2D eigenvalue weighted by Crippen LogP contribution is -2.71. The average molecular weight is 876 g/mol. The molecule has 0 aromatic heterocycles. The number of nitrogens with one attached hydrogen (secondary N) is 3. The zero-order valence-corrected chi connectivity index (χ0v) is 35.7. The molecule has 1 fully saturated rings. The molecule has 2 aliphatic rings. The normalized spacial score (nSPS) is 17.0. The van der Waals surface area contributed by atoms with E-state index in [0.29, 0.717) is 11.1 Å². The van der Waals surface area contributed by atoms with E-state index in [9.17, 15) is 38.7 Å². The van der Waals surface area contributed by atoms with Crippen molar-refractivity contribution in [1.29, 1.82) is 0 Å². The molecular weight excluding hydrogens is 827 g/mol. The number of esters is 2. The third-order valence-electron chi connectivity index (χ3n) is 8.84. The summed E-state index contributed by atoms with van der Waals surface area (Å²) in [7, 11) is 0. The van der Waals surface area contributed by atoms with Crippen molar-refractivity contribution in [2.45, 2.75) is 82.4 Å². The van der Waals surface area contributed by atoms with Crippen LogP contribution >= 0.6 is 11.8 Å². The summed E-state index contributed by atoms with van der Waals surface area (Å²) in [6.07, 6.45) is -5.61. The predicted octanol–water partition coefficient (Wildman–Crippen LogP) is 4.59. The summed E-state index contributed by atoms with van der Waals surface area (Å²) in [5.74, 6) is -3.21. The Kier molecular flexibility index (Phi) is 14.9. The number of anilines is 1. The molecule has 3 aromatic carbocycles. The van der Waals surface area contributed by atoms with Crippen molar-refractivity contribution in [3.63, 3.8) is 0 Å². The fourth-order valence-electron chi connectivity index (χ4n) is 6.12. The molecule has 62 heavy (non-hydrogen) atoms. The fourth-order valence-corrected chi connectivity index (χ4v) is 7.45. The van der Waals surface area contributed by atoms with Gasteiger partial charge in [0.1, 0.15) is 41.5 Å². The summed E-state index contributed by atoms with van der Waals surface area (Å²) < 4.78 is 26.8. The number of amides is 5. The van der Waals surface area contributed by atoms with Crippen LogP contribution in [0.25, 0.3) is 0 Å². The highest BCUT2D eigenvalue weighted by atomic mass is 32.2. The van der Waals surface area contributed by atoms with E-state index in [0.717, 1.165) is 0 Å². The number of carbonyl (C=O) groups is 7. The van der Waals surface area contributed by atoms with Crippen LogP contribution in [0.3, 0.4) is 0 Å². The number of benzene rings is 3. The molecule has 5 rings (SSSR count). The molecule has 1 saturated heterocycles. The van der Waals surface area contributed by atoms with Gasteiger partial charge in [-0.3, -0.25) is 19.8 Å². The number of aliphatic hydroxyl groups is 1. The molecular formula is C43H49N5O13S. The molecule has 0 bridgehead atoms. The molecule has 2 heterocycles. The molecule has 4 atom stereocenters. The number of β-lactam (4-membered cyclic amide) rings is 1. The molecule has 6 N–H and O–H groups in total. The topological polar surface area (TPSA) is 251 Å². The minimum absolute atomic E-state index is 0.107. The van der Waals surface area contributed by atoms with Crippen LogP contribution in [0.2, 0.25) is 0 Å². The Bertz CT molecular complexity index is 2130. The van der Waals surface area contributed by atoms with Crippen LogP contribution in [0.1, 0.15) is 70.4 Å². The Morgan fingerprint density at radius 2 is 1.39 bits per heavy atom. The van der Waals surface area contributed by atoms with Gasteiger partial charge in [-0.1, -0.05) is 72.8 Å². The molecule has 0 saturated carbocycles. The second-order valence-corrected chi connectivity index (χ2v) is 17.1. The summed E-state index contributed by atoms with van der Waals surface area (Å²) in [5, 5.41) is 17.5. The van der Waals surface area contributed by atoms with E-state index < -0.39 is 89.5 Å². The van der Waals surface area contributed by atoms with Crippen molar-refractivity contribution < 1.29 is 62.4 Å². The Morgan fingerprint density at radius 1 is 0.806 bits per heavy atom. The number of carbonyl (C=O) groups excluding carboxylic acids is 7. The lowest BCUT2D eigenvalue weighted by molar-refractivity contribution is -0.158. The number of rotatable bonds is 14. The van der Waals surface area contributed by atoms with Gasteiger partial charge >= 0.3 is 30.2 Å². The van der Waals surface area contributed by atoms with Crippen molar-refractivity contribution in [1.82, 2.24) is 15.5 Å². The van der Waals surface area contributed by atoms with Gasteiger partial charge < -0.3 is 45.2 Å². The van der Waals surface area contributed by atoms with E-state index in [1.54, 1.807) is 90.1 Å². The third-order valence-corrected chi connectivity index (χ3v) is 10.2. The highest BCUT2D eigenvalue weighted by molar-refractivity contribution is 8.00. The first-order valence-corrected chi connectivity index (χ1v) is 20.4. The second kappa shape index (κ2) is 19.9. The summed E-state index contributed by atoms with van der Waals surface area (Å²) >= 11 is 1.20. The summed E-state index contributed by atoms with van der Waals surface area (Å²) in [5.41, 5.74) is 5.19. The molecule has 0 spiro atoms. The molecule has 18 nitrogen and oxygen atoms in total. The number of thioether (sulfide) groups is 1. The predicted molar refractivity (Wildman–Crippen MR) is 224 cm³/mol. The van der Waals surface area contributed by atoms with Crippen molar-refractivity contribution in [3.05, 3.63) is 113 Å².